The molecule has 8 heteroatoms. The van der Waals surface area contributed by atoms with Gasteiger partial charge in [-0.05, 0) is 37.1 Å². The molecule has 0 saturated carbocycles. The molecule has 1 fully saturated rings. The van der Waals surface area contributed by atoms with Gasteiger partial charge in [0.25, 0.3) is 0 Å². The number of benzene rings is 2. The van der Waals surface area contributed by atoms with Gasteiger partial charge in [-0.2, -0.15) is 8.78 Å². The molecule has 2 aromatic rings. The van der Waals surface area contributed by atoms with E-state index in [4.69, 9.17) is 4.74 Å². The van der Waals surface area contributed by atoms with E-state index in [1.54, 1.807) is 35.9 Å². The fraction of sp³-hybridized carbons (Fsp3) is 0.417. The molecule has 0 aliphatic carbocycles. The van der Waals surface area contributed by atoms with Gasteiger partial charge in [0.1, 0.15) is 0 Å². The third-order valence-electron chi connectivity index (χ3n) is 5.38. The fourth-order valence-electron chi connectivity index (χ4n) is 3.78. The normalized spacial score (nSPS) is 15.9. The number of rotatable bonds is 9. The summed E-state index contributed by atoms with van der Waals surface area (Å²) in [4.78, 5) is 28.7. The van der Waals surface area contributed by atoms with Gasteiger partial charge in [-0.3, -0.25) is 9.59 Å². The van der Waals surface area contributed by atoms with Crippen molar-refractivity contribution in [1.82, 2.24) is 9.80 Å². The Morgan fingerprint density at radius 3 is 2.50 bits per heavy atom. The van der Waals surface area contributed by atoms with Gasteiger partial charge in [-0.25, -0.2) is 0 Å². The van der Waals surface area contributed by atoms with Crippen LogP contribution in [0.1, 0.15) is 30.0 Å². The number of carbonyl (C=O) groups excluding carboxylic acids is 2. The second-order valence-corrected chi connectivity index (χ2v) is 7.95. The Kier molecular flexibility index (Phi) is 7.66. The van der Waals surface area contributed by atoms with Crippen LogP contribution in [-0.4, -0.2) is 48.4 Å². The average Bonchev–Trinajstić information content (AvgIpc) is 3.11. The van der Waals surface area contributed by atoms with Crippen molar-refractivity contribution in [2.24, 2.45) is 5.92 Å². The molecular formula is C24H28F2N2O4. The molecule has 2 aromatic carbocycles. The van der Waals surface area contributed by atoms with Crippen molar-refractivity contribution in [2.45, 2.75) is 40.0 Å². The second kappa shape index (κ2) is 10.4. The largest absolute Gasteiger partial charge is 0.490 e. The number of ether oxygens (including phenoxy) is 2. The Hall–Kier alpha value is -3.16. The Morgan fingerprint density at radius 2 is 1.84 bits per heavy atom. The summed E-state index contributed by atoms with van der Waals surface area (Å²) < 4.78 is 35.1. The van der Waals surface area contributed by atoms with Crippen LogP contribution in [0, 0.1) is 12.8 Å². The van der Waals surface area contributed by atoms with Crippen LogP contribution in [0.2, 0.25) is 0 Å². The number of hydrogen-bond acceptors (Lipinski definition) is 4. The minimum Gasteiger partial charge on any atom is -0.490 e. The van der Waals surface area contributed by atoms with Crippen LogP contribution in [-0.2, 0) is 22.7 Å². The van der Waals surface area contributed by atoms with Crippen molar-refractivity contribution in [1.29, 1.82) is 0 Å². The van der Waals surface area contributed by atoms with E-state index in [2.05, 4.69) is 4.74 Å². The highest BCUT2D eigenvalue weighted by Gasteiger charge is 2.35. The van der Waals surface area contributed by atoms with E-state index < -0.39 is 12.5 Å². The maximum Gasteiger partial charge on any atom is 0.387 e. The van der Waals surface area contributed by atoms with E-state index in [1.165, 1.54) is 6.07 Å². The minimum atomic E-state index is -2.95. The van der Waals surface area contributed by atoms with Crippen LogP contribution in [0.3, 0.4) is 0 Å². The smallest absolute Gasteiger partial charge is 0.387 e. The number of likely N-dealkylation sites (tertiary alicyclic amines) is 1. The quantitative estimate of drug-likeness (QED) is 0.584. The van der Waals surface area contributed by atoms with E-state index in [0.29, 0.717) is 25.3 Å². The van der Waals surface area contributed by atoms with Crippen molar-refractivity contribution in [3.8, 4) is 11.5 Å². The molecule has 1 atom stereocenters. The molecule has 172 valence electrons. The van der Waals surface area contributed by atoms with Gasteiger partial charge in [0.05, 0.1) is 12.5 Å². The predicted octanol–water partition coefficient (Wildman–Crippen LogP) is 4.00. The summed E-state index contributed by atoms with van der Waals surface area (Å²) in [5.74, 6) is -0.426. The van der Waals surface area contributed by atoms with E-state index in [-0.39, 0.29) is 36.3 Å². The lowest BCUT2D eigenvalue weighted by atomic mass is 10.1. The molecule has 2 amide bonds. The van der Waals surface area contributed by atoms with Crippen LogP contribution >= 0.6 is 0 Å². The van der Waals surface area contributed by atoms with Crippen LogP contribution < -0.4 is 9.47 Å². The summed E-state index contributed by atoms with van der Waals surface area (Å²) >= 11 is 0. The van der Waals surface area contributed by atoms with E-state index >= 15 is 0 Å². The van der Waals surface area contributed by atoms with Crippen LogP contribution in [0.15, 0.2) is 42.5 Å². The first-order valence-corrected chi connectivity index (χ1v) is 10.6. The van der Waals surface area contributed by atoms with Crippen molar-refractivity contribution >= 4 is 11.8 Å². The zero-order valence-electron chi connectivity index (χ0n) is 18.5. The lowest BCUT2D eigenvalue weighted by Gasteiger charge is -2.22. The van der Waals surface area contributed by atoms with Crippen LogP contribution in [0.4, 0.5) is 8.78 Å². The molecule has 0 N–H and O–H groups in total. The molecule has 6 nitrogen and oxygen atoms in total. The van der Waals surface area contributed by atoms with E-state index in [9.17, 15) is 18.4 Å². The van der Waals surface area contributed by atoms with Gasteiger partial charge in [0, 0.05) is 33.1 Å². The molecule has 3 rings (SSSR count). The lowest BCUT2D eigenvalue weighted by molar-refractivity contribution is -0.135. The Labute approximate surface area is 186 Å². The van der Waals surface area contributed by atoms with E-state index in [0.717, 1.165) is 11.1 Å². The maximum atomic E-state index is 13.0. The third kappa shape index (κ3) is 5.96. The first-order chi connectivity index (χ1) is 15.3. The summed E-state index contributed by atoms with van der Waals surface area (Å²) in [7, 11) is 1.67. The lowest BCUT2D eigenvalue weighted by Crippen LogP contribution is -2.34. The molecule has 0 radical (unpaired) electrons. The molecule has 0 bridgehead atoms. The predicted molar refractivity (Wildman–Crippen MR) is 115 cm³/mol. The Bertz CT molecular complexity index is 950. The fourth-order valence-corrected chi connectivity index (χ4v) is 3.78. The molecule has 1 aliphatic rings. The van der Waals surface area contributed by atoms with Gasteiger partial charge in [0.15, 0.2) is 11.5 Å². The monoisotopic (exact) mass is 446 g/mol. The van der Waals surface area contributed by atoms with Crippen molar-refractivity contribution in [3.63, 3.8) is 0 Å². The van der Waals surface area contributed by atoms with E-state index in [1.807, 2.05) is 31.2 Å². The Morgan fingerprint density at radius 1 is 1.16 bits per heavy atom. The highest BCUT2D eigenvalue weighted by atomic mass is 19.3. The number of hydrogen-bond donors (Lipinski definition) is 0. The summed E-state index contributed by atoms with van der Waals surface area (Å²) in [6, 6.07) is 12.6. The molecular weight excluding hydrogens is 418 g/mol. The molecule has 0 aromatic heterocycles. The zero-order chi connectivity index (χ0) is 23.3. The van der Waals surface area contributed by atoms with Crippen molar-refractivity contribution in [2.75, 3.05) is 20.2 Å². The number of alkyl halides is 2. The third-order valence-corrected chi connectivity index (χ3v) is 5.38. The summed E-state index contributed by atoms with van der Waals surface area (Å²) in [5, 5.41) is 0. The SMILES string of the molecule is CCOc1cc(CN(C)C(=O)C2CC(=O)N(Cc3ccc(C)cc3)C2)ccc1OC(F)F. The highest BCUT2D eigenvalue weighted by Crippen LogP contribution is 2.30. The highest BCUT2D eigenvalue weighted by molar-refractivity contribution is 5.89. The number of aryl methyl sites for hydroxylation is 1. The van der Waals surface area contributed by atoms with Gasteiger partial charge >= 0.3 is 6.61 Å². The maximum absolute atomic E-state index is 13.0. The zero-order valence-corrected chi connectivity index (χ0v) is 18.5. The summed E-state index contributed by atoms with van der Waals surface area (Å²) in [6.07, 6.45) is 0.181. The van der Waals surface area contributed by atoms with Gasteiger partial charge in [0.2, 0.25) is 11.8 Å². The number of amides is 2. The summed E-state index contributed by atoms with van der Waals surface area (Å²) in [6.45, 7) is 2.21. The Balaban J connectivity index is 1.62. The number of halogens is 2. The van der Waals surface area contributed by atoms with Crippen molar-refractivity contribution < 1.29 is 27.8 Å². The number of nitrogens with zero attached hydrogens (tertiary/aromatic N) is 2. The standard InChI is InChI=1S/C24H28F2N2O4/c1-4-31-21-11-18(9-10-20(21)32-24(25)26)13-27(3)23(30)19-12-22(29)28(15-19)14-17-7-5-16(2)6-8-17/h5-11,19,24H,4,12-15H2,1-3H3. The molecule has 1 saturated heterocycles. The summed E-state index contributed by atoms with van der Waals surface area (Å²) in [5.41, 5.74) is 2.89. The topological polar surface area (TPSA) is 59.1 Å². The molecule has 1 aliphatic heterocycles. The first-order valence-electron chi connectivity index (χ1n) is 10.6. The van der Waals surface area contributed by atoms with Gasteiger partial charge in [-0.15, -0.1) is 0 Å². The molecule has 32 heavy (non-hydrogen) atoms. The molecule has 1 unspecified atom stereocenters. The molecule has 0 spiro atoms. The van der Waals surface area contributed by atoms with Gasteiger partial charge in [-0.1, -0.05) is 35.9 Å². The number of carbonyl (C=O) groups is 2. The van der Waals surface area contributed by atoms with Crippen LogP contribution in [0.5, 0.6) is 11.5 Å². The van der Waals surface area contributed by atoms with Gasteiger partial charge < -0.3 is 19.3 Å². The molecule has 1 heterocycles. The first kappa shape index (κ1) is 23.5. The van der Waals surface area contributed by atoms with Crippen LogP contribution in [0.25, 0.3) is 0 Å². The van der Waals surface area contributed by atoms with Crippen molar-refractivity contribution in [3.05, 3.63) is 59.2 Å². The second-order valence-electron chi connectivity index (χ2n) is 7.95. The average molecular weight is 446 g/mol. The minimum absolute atomic E-state index is 0.0375.